The molecule has 0 spiro atoms. The summed E-state index contributed by atoms with van der Waals surface area (Å²) < 4.78 is 44.1. The molecule has 153 valence electrons. The molecule has 0 saturated carbocycles. The van der Waals surface area contributed by atoms with Gasteiger partial charge in [-0.15, -0.1) is 0 Å². The molecular formula is C17H33BF4IrOP-. The molecule has 25 heavy (non-hydrogen) atoms. The number of rotatable bonds is 5. The van der Waals surface area contributed by atoms with Crippen molar-refractivity contribution in [2.45, 2.75) is 64.7 Å². The van der Waals surface area contributed by atoms with Crippen LogP contribution in [0.5, 0.6) is 0 Å². The molecule has 1 aliphatic carbocycles. The van der Waals surface area contributed by atoms with Crippen molar-refractivity contribution >= 4 is 15.2 Å². The minimum atomic E-state index is -6.00. The van der Waals surface area contributed by atoms with Crippen molar-refractivity contribution in [3.8, 4) is 0 Å². The van der Waals surface area contributed by atoms with E-state index in [1.807, 2.05) is 0 Å². The fourth-order valence-electron chi connectivity index (χ4n) is 2.17. The van der Waals surface area contributed by atoms with Crippen molar-refractivity contribution in [1.29, 1.82) is 0 Å². The normalized spacial score (nSPS) is 16.6. The van der Waals surface area contributed by atoms with Crippen molar-refractivity contribution in [2.24, 2.45) is 0 Å². The Bertz CT molecular complexity index is 297. The van der Waals surface area contributed by atoms with Crippen molar-refractivity contribution in [1.82, 2.24) is 0 Å². The van der Waals surface area contributed by atoms with Crippen molar-refractivity contribution in [2.75, 3.05) is 19.9 Å². The van der Waals surface area contributed by atoms with Gasteiger partial charge in [-0.25, -0.2) is 0 Å². The Morgan fingerprint density at radius 3 is 1.32 bits per heavy atom. The molecule has 0 saturated heterocycles. The van der Waals surface area contributed by atoms with Crippen molar-refractivity contribution in [3.63, 3.8) is 0 Å². The van der Waals surface area contributed by atoms with Crippen LogP contribution >= 0.6 is 7.92 Å². The summed E-state index contributed by atoms with van der Waals surface area (Å²) in [6, 6.07) is 0. The van der Waals surface area contributed by atoms with E-state index in [0.717, 1.165) is 17.9 Å². The molecule has 0 atom stereocenters. The van der Waals surface area contributed by atoms with Gasteiger partial charge in [-0.05, 0) is 43.2 Å². The van der Waals surface area contributed by atoms with Gasteiger partial charge in [0.1, 0.15) is 0 Å². The van der Waals surface area contributed by atoms with Crippen LogP contribution in [0.3, 0.4) is 0 Å². The molecular weight excluding hydrogens is 530 g/mol. The summed E-state index contributed by atoms with van der Waals surface area (Å²) in [7, 11) is -4.02. The number of hydrogen-bond donors (Lipinski definition) is 0. The number of allylic oxidation sites excluding steroid dienone is 4. The molecule has 8 heteroatoms. The Hall–Kier alpha value is 0.304. The molecule has 1 radical (unpaired) electrons. The molecule has 0 amide bonds. The topological polar surface area (TPSA) is 9.23 Å². The van der Waals surface area contributed by atoms with E-state index in [0.29, 0.717) is 0 Å². The third-order valence-corrected chi connectivity index (χ3v) is 6.57. The third kappa shape index (κ3) is 29.3. The first kappa shape index (κ1) is 30.0. The summed E-state index contributed by atoms with van der Waals surface area (Å²) in [5.41, 5.74) is 1.69. The number of methoxy groups -OCH3 is 1. The summed E-state index contributed by atoms with van der Waals surface area (Å²) in [5.74, 6) is 0. The minimum Gasteiger partial charge on any atom is -0.418 e. The second-order valence-corrected chi connectivity index (χ2v) is 9.55. The fourth-order valence-corrected chi connectivity index (χ4v) is 4.78. The van der Waals surface area contributed by atoms with Gasteiger partial charge in [-0.2, -0.15) is 0 Å². The molecule has 1 rings (SSSR count). The number of ether oxygens (including phenoxy) is 1. The molecule has 0 aromatic carbocycles. The monoisotopic (exact) mass is 564 g/mol. The molecule has 0 unspecified atom stereocenters. The van der Waals surface area contributed by atoms with Gasteiger partial charge in [-0.3, -0.25) is 0 Å². The molecule has 0 heterocycles. The molecule has 0 fully saturated rings. The predicted octanol–water partition coefficient (Wildman–Crippen LogP) is 6.90. The first-order valence-corrected chi connectivity index (χ1v) is 10.2. The molecule has 0 aromatic rings. The molecule has 1 aliphatic rings. The fraction of sp³-hybridized carbons (Fsp3) is 0.765. The van der Waals surface area contributed by atoms with Gasteiger partial charge < -0.3 is 22.0 Å². The summed E-state index contributed by atoms with van der Waals surface area (Å²) >= 11 is 0. The Morgan fingerprint density at radius 1 is 0.840 bits per heavy atom. The van der Waals surface area contributed by atoms with Gasteiger partial charge in [0, 0.05) is 27.2 Å². The van der Waals surface area contributed by atoms with Gasteiger partial charge in [0.2, 0.25) is 0 Å². The minimum absolute atomic E-state index is 0. The quantitative estimate of drug-likeness (QED) is 0.153. The summed E-state index contributed by atoms with van der Waals surface area (Å²) in [6.07, 6.45) is 15.3. The van der Waals surface area contributed by atoms with Crippen molar-refractivity contribution in [3.05, 3.63) is 24.3 Å². The predicted molar refractivity (Wildman–Crippen MR) is 101 cm³/mol. The Kier molecular flexibility index (Phi) is 22.9. The van der Waals surface area contributed by atoms with E-state index < -0.39 is 7.25 Å². The average molecular weight is 563 g/mol. The zero-order valence-electron chi connectivity index (χ0n) is 16.0. The van der Waals surface area contributed by atoms with E-state index in [4.69, 9.17) is 4.74 Å². The van der Waals surface area contributed by atoms with Crippen LogP contribution in [0.4, 0.5) is 17.3 Å². The third-order valence-electron chi connectivity index (χ3n) is 3.21. The van der Waals surface area contributed by atoms with E-state index in [9.17, 15) is 17.3 Å². The van der Waals surface area contributed by atoms with E-state index >= 15 is 0 Å². The van der Waals surface area contributed by atoms with Crippen LogP contribution in [-0.2, 0) is 24.8 Å². The number of halogens is 4. The second kappa shape index (κ2) is 19.1. The zero-order chi connectivity index (χ0) is 19.0. The van der Waals surface area contributed by atoms with E-state index in [2.05, 4.69) is 52.0 Å². The van der Waals surface area contributed by atoms with Gasteiger partial charge in [0.05, 0.1) is 6.61 Å². The van der Waals surface area contributed by atoms with Gasteiger partial charge in [0.15, 0.2) is 0 Å². The van der Waals surface area contributed by atoms with Crippen molar-refractivity contribution < 1.29 is 42.1 Å². The van der Waals surface area contributed by atoms with Crippen LogP contribution in [0, 0.1) is 0 Å². The maximum absolute atomic E-state index is 9.75. The largest absolute Gasteiger partial charge is 0.673 e. The van der Waals surface area contributed by atoms with Crippen LogP contribution < -0.4 is 0 Å². The Balaban J connectivity index is -0.000000305. The maximum Gasteiger partial charge on any atom is 0.673 e. The van der Waals surface area contributed by atoms with Crippen LogP contribution in [-0.4, -0.2) is 38.5 Å². The molecule has 1 nitrogen and oxygen atoms in total. The molecule has 0 bridgehead atoms. The standard InChI is InChI=1S/C9H21OP.C8H12.BF4.Ir/c1-8(2)11(9(3)4)7-6-10-5;1-2-4-6-8-7-5-3-1;2-1(3,4)5;/h8-9H,6-7H2,1-5H3;1-2,7-8H,3-6H2;;/q;;-1;/b;2-1-,8-7-;;. The first-order valence-electron chi connectivity index (χ1n) is 8.51. The first-order chi connectivity index (χ1) is 11.1. The van der Waals surface area contributed by atoms with Crippen LogP contribution in [0.1, 0.15) is 53.4 Å². The average Bonchev–Trinajstić information content (AvgIpc) is 2.36. The smallest absolute Gasteiger partial charge is 0.418 e. The summed E-state index contributed by atoms with van der Waals surface area (Å²) in [6.45, 7) is 10.2. The SMILES string of the molecule is C1=C\CC/C=C\CC/1.COCCP(C(C)C)C(C)C.F[B-](F)(F)F.[Ir]. The second-order valence-electron chi connectivity index (χ2n) is 6.01. The van der Waals surface area contributed by atoms with E-state index in [1.54, 1.807) is 7.11 Å². The van der Waals surface area contributed by atoms with Gasteiger partial charge >= 0.3 is 7.25 Å². The van der Waals surface area contributed by atoms with Crippen LogP contribution in [0.15, 0.2) is 24.3 Å². The Labute approximate surface area is 166 Å². The van der Waals surface area contributed by atoms with E-state index in [1.165, 1.54) is 31.8 Å². The number of hydrogen-bond acceptors (Lipinski definition) is 1. The molecule has 0 aliphatic heterocycles. The summed E-state index contributed by atoms with van der Waals surface area (Å²) in [4.78, 5) is 0. The van der Waals surface area contributed by atoms with Gasteiger partial charge in [0.25, 0.3) is 0 Å². The maximum atomic E-state index is 9.75. The van der Waals surface area contributed by atoms with Crippen LogP contribution in [0.25, 0.3) is 0 Å². The molecule has 0 aromatic heterocycles. The van der Waals surface area contributed by atoms with Gasteiger partial charge in [-0.1, -0.05) is 59.9 Å². The van der Waals surface area contributed by atoms with Crippen LogP contribution in [0.2, 0.25) is 0 Å². The molecule has 0 N–H and O–H groups in total. The zero-order valence-corrected chi connectivity index (χ0v) is 19.3. The summed E-state index contributed by atoms with van der Waals surface area (Å²) in [5, 5.41) is 0. The Morgan fingerprint density at radius 2 is 1.12 bits per heavy atom. The van der Waals surface area contributed by atoms with E-state index in [-0.39, 0.29) is 28.0 Å².